The molecule has 0 saturated heterocycles. The van der Waals surface area contributed by atoms with E-state index in [0.717, 1.165) is 16.9 Å². The monoisotopic (exact) mass is 211 g/mol. The van der Waals surface area contributed by atoms with Crippen LogP contribution in [-0.2, 0) is 11.2 Å². The van der Waals surface area contributed by atoms with Gasteiger partial charge in [0.05, 0.1) is 6.42 Å². The normalized spacial score (nSPS) is 10.9. The van der Waals surface area contributed by atoms with E-state index in [-0.39, 0.29) is 6.42 Å². The quantitative estimate of drug-likeness (QED) is 0.779. The second-order valence-electron chi connectivity index (χ2n) is 2.90. The Morgan fingerprint density at radius 2 is 2.43 bits per heavy atom. The van der Waals surface area contributed by atoms with Gasteiger partial charge in [0.1, 0.15) is 0 Å². The smallest absolute Gasteiger partial charge is 0.308 e. The Morgan fingerprint density at radius 1 is 1.64 bits per heavy atom. The minimum atomic E-state index is -0.788. The molecule has 0 aliphatic rings. The Kier molecular flexibility index (Phi) is 4.35. The number of carboxylic acid groups (broad SMARTS) is 1. The molecule has 14 heavy (non-hydrogen) atoms. The molecule has 0 atom stereocenters. The van der Waals surface area contributed by atoms with Crippen LogP contribution in [0, 0.1) is 0 Å². The first-order valence-electron chi connectivity index (χ1n) is 4.38. The summed E-state index contributed by atoms with van der Waals surface area (Å²) in [4.78, 5) is 11.3. The van der Waals surface area contributed by atoms with Gasteiger partial charge in [-0.1, -0.05) is 12.2 Å². The summed E-state index contributed by atoms with van der Waals surface area (Å²) in [6.45, 7) is 0.641. The molecule has 0 aliphatic heterocycles. The molecule has 0 unspecified atom stereocenters. The van der Waals surface area contributed by atoms with Crippen molar-refractivity contribution in [2.45, 2.75) is 12.8 Å². The zero-order valence-electron chi connectivity index (χ0n) is 7.77. The minimum Gasteiger partial charge on any atom is -0.481 e. The van der Waals surface area contributed by atoms with Crippen LogP contribution in [0.15, 0.2) is 17.5 Å². The van der Waals surface area contributed by atoms with Crippen LogP contribution in [-0.4, -0.2) is 17.6 Å². The van der Waals surface area contributed by atoms with E-state index < -0.39 is 5.97 Å². The molecule has 76 valence electrons. The predicted octanol–water partition coefficient (Wildman–Crippen LogP) is 1.74. The van der Waals surface area contributed by atoms with Crippen molar-refractivity contribution in [2.75, 3.05) is 6.54 Å². The Hall–Kier alpha value is -1.13. The van der Waals surface area contributed by atoms with Crippen LogP contribution in [0.2, 0.25) is 0 Å². The fourth-order valence-corrected chi connectivity index (χ4v) is 1.89. The van der Waals surface area contributed by atoms with Crippen LogP contribution < -0.4 is 5.73 Å². The van der Waals surface area contributed by atoms with Gasteiger partial charge >= 0.3 is 5.97 Å². The van der Waals surface area contributed by atoms with E-state index in [1.807, 2.05) is 23.6 Å². The van der Waals surface area contributed by atoms with Crippen molar-refractivity contribution >= 4 is 23.4 Å². The van der Waals surface area contributed by atoms with Gasteiger partial charge in [0, 0.05) is 4.88 Å². The van der Waals surface area contributed by atoms with E-state index in [1.54, 1.807) is 0 Å². The lowest BCUT2D eigenvalue weighted by Gasteiger charge is -1.87. The lowest BCUT2D eigenvalue weighted by Crippen LogP contribution is -1.97. The Bertz CT molecular complexity index is 331. The van der Waals surface area contributed by atoms with E-state index in [1.165, 1.54) is 11.3 Å². The topological polar surface area (TPSA) is 63.3 Å². The van der Waals surface area contributed by atoms with Gasteiger partial charge in [-0.3, -0.25) is 4.79 Å². The fourth-order valence-electron chi connectivity index (χ4n) is 1.04. The highest BCUT2D eigenvalue weighted by atomic mass is 32.1. The number of hydrogen-bond donors (Lipinski definition) is 2. The SMILES string of the molecule is NCCC=Cc1csc(CC(=O)O)c1. The van der Waals surface area contributed by atoms with Gasteiger partial charge in [-0.25, -0.2) is 0 Å². The van der Waals surface area contributed by atoms with Crippen molar-refractivity contribution in [3.05, 3.63) is 28.0 Å². The van der Waals surface area contributed by atoms with Crippen molar-refractivity contribution < 1.29 is 9.90 Å². The summed E-state index contributed by atoms with van der Waals surface area (Å²) in [6.07, 6.45) is 4.92. The van der Waals surface area contributed by atoms with Crippen LogP contribution in [0.1, 0.15) is 16.9 Å². The number of rotatable bonds is 5. The van der Waals surface area contributed by atoms with Crippen LogP contribution in [0.4, 0.5) is 0 Å². The third-order valence-corrected chi connectivity index (χ3v) is 2.60. The molecule has 0 aromatic carbocycles. The van der Waals surface area contributed by atoms with Gasteiger partial charge < -0.3 is 10.8 Å². The molecule has 0 aliphatic carbocycles. The van der Waals surface area contributed by atoms with Crippen LogP contribution in [0.3, 0.4) is 0 Å². The van der Waals surface area contributed by atoms with Gasteiger partial charge in [-0.2, -0.15) is 0 Å². The first-order chi connectivity index (χ1) is 6.72. The Morgan fingerprint density at radius 3 is 3.07 bits per heavy atom. The molecule has 0 fully saturated rings. The summed E-state index contributed by atoms with van der Waals surface area (Å²) in [5, 5.41) is 10.5. The summed E-state index contributed by atoms with van der Waals surface area (Å²) in [7, 11) is 0. The average molecular weight is 211 g/mol. The van der Waals surface area contributed by atoms with Gasteiger partial charge in [0.2, 0.25) is 0 Å². The molecule has 0 saturated carbocycles. The van der Waals surface area contributed by atoms with E-state index in [4.69, 9.17) is 10.8 Å². The molecule has 0 amide bonds. The molecule has 1 heterocycles. The van der Waals surface area contributed by atoms with Gasteiger partial charge in [0.25, 0.3) is 0 Å². The maximum Gasteiger partial charge on any atom is 0.308 e. The number of nitrogens with two attached hydrogens (primary N) is 1. The van der Waals surface area contributed by atoms with Crippen LogP contribution in [0.5, 0.6) is 0 Å². The molecular formula is C10H13NO2S. The fraction of sp³-hybridized carbons (Fsp3) is 0.300. The first kappa shape index (κ1) is 10.9. The largest absolute Gasteiger partial charge is 0.481 e. The third kappa shape index (κ3) is 3.72. The zero-order valence-corrected chi connectivity index (χ0v) is 8.59. The number of carbonyl (C=O) groups is 1. The maximum atomic E-state index is 10.4. The van der Waals surface area contributed by atoms with E-state index in [9.17, 15) is 4.79 Å². The zero-order chi connectivity index (χ0) is 10.4. The molecule has 0 bridgehead atoms. The van der Waals surface area contributed by atoms with Crippen molar-refractivity contribution in [1.29, 1.82) is 0 Å². The molecular weight excluding hydrogens is 198 g/mol. The van der Waals surface area contributed by atoms with E-state index in [2.05, 4.69) is 0 Å². The lowest BCUT2D eigenvalue weighted by molar-refractivity contribution is -0.136. The standard InChI is InChI=1S/C10H13NO2S/c11-4-2-1-3-8-5-9(14-7-8)6-10(12)13/h1,3,5,7H,2,4,6,11H2,(H,12,13). The summed E-state index contributed by atoms with van der Waals surface area (Å²) in [6, 6.07) is 1.89. The number of thiophene rings is 1. The average Bonchev–Trinajstić information content (AvgIpc) is 2.52. The second kappa shape index (κ2) is 5.57. The molecule has 0 spiro atoms. The molecule has 3 nitrogen and oxygen atoms in total. The minimum absolute atomic E-state index is 0.107. The number of carboxylic acids is 1. The Labute approximate surface area is 86.9 Å². The lowest BCUT2D eigenvalue weighted by atomic mass is 10.2. The van der Waals surface area contributed by atoms with Gasteiger partial charge in [-0.15, -0.1) is 11.3 Å². The van der Waals surface area contributed by atoms with Gasteiger partial charge in [0.15, 0.2) is 0 Å². The highest BCUT2D eigenvalue weighted by molar-refractivity contribution is 7.10. The summed E-state index contributed by atoms with van der Waals surface area (Å²) < 4.78 is 0. The molecule has 1 aromatic heterocycles. The first-order valence-corrected chi connectivity index (χ1v) is 5.26. The third-order valence-electron chi connectivity index (χ3n) is 1.64. The summed E-state index contributed by atoms with van der Waals surface area (Å²) in [5.41, 5.74) is 6.39. The summed E-state index contributed by atoms with van der Waals surface area (Å²) >= 11 is 1.47. The second-order valence-corrected chi connectivity index (χ2v) is 3.89. The van der Waals surface area contributed by atoms with Crippen molar-refractivity contribution in [3.8, 4) is 0 Å². The molecule has 0 radical (unpaired) electrons. The number of aliphatic carboxylic acids is 1. The molecule has 1 aromatic rings. The molecule has 1 rings (SSSR count). The van der Waals surface area contributed by atoms with Crippen molar-refractivity contribution in [3.63, 3.8) is 0 Å². The van der Waals surface area contributed by atoms with E-state index >= 15 is 0 Å². The maximum absolute atomic E-state index is 10.4. The van der Waals surface area contributed by atoms with Crippen molar-refractivity contribution in [2.24, 2.45) is 5.73 Å². The Balaban J connectivity index is 2.54. The number of hydrogen-bond acceptors (Lipinski definition) is 3. The van der Waals surface area contributed by atoms with Crippen LogP contribution in [0.25, 0.3) is 6.08 Å². The van der Waals surface area contributed by atoms with Crippen molar-refractivity contribution in [1.82, 2.24) is 0 Å². The molecule has 3 N–H and O–H groups in total. The van der Waals surface area contributed by atoms with Crippen LogP contribution >= 0.6 is 11.3 Å². The van der Waals surface area contributed by atoms with E-state index in [0.29, 0.717) is 6.54 Å². The van der Waals surface area contributed by atoms with Gasteiger partial charge in [-0.05, 0) is 30.0 Å². The highest BCUT2D eigenvalue weighted by Gasteiger charge is 2.02. The predicted molar refractivity (Wildman–Crippen MR) is 58.4 cm³/mol. The summed E-state index contributed by atoms with van der Waals surface area (Å²) in [5.74, 6) is -0.788. The highest BCUT2D eigenvalue weighted by Crippen LogP contribution is 2.16. The molecule has 4 heteroatoms.